The van der Waals surface area contributed by atoms with Crippen molar-refractivity contribution < 1.29 is 24.9 Å². The molecule has 35 heavy (non-hydrogen) atoms. The number of aliphatic hydroxyl groups is 3. The largest absolute Gasteiger partial charge is 0.469 e. The van der Waals surface area contributed by atoms with Crippen molar-refractivity contribution in [3.63, 3.8) is 0 Å². The van der Waals surface area contributed by atoms with E-state index in [-0.39, 0.29) is 39.5 Å². The van der Waals surface area contributed by atoms with Crippen LogP contribution in [0.15, 0.2) is 11.6 Å². The minimum Gasteiger partial charge on any atom is -0.469 e. The lowest BCUT2D eigenvalue weighted by Crippen LogP contribution is -2.69. The fourth-order valence-electron chi connectivity index (χ4n) is 10.6. The molecule has 0 spiro atoms. The molecule has 198 valence electrons. The average molecular weight is 489 g/mol. The van der Waals surface area contributed by atoms with E-state index < -0.39 is 23.2 Å². The Kier molecular flexibility index (Phi) is 5.56. The number of ether oxygens (including phenoxy) is 1. The predicted octanol–water partition coefficient (Wildman–Crippen LogP) is 5.02. The molecule has 0 bridgehead atoms. The minimum atomic E-state index is -1.29. The smallest absolute Gasteiger partial charge is 0.312 e. The quantitative estimate of drug-likeness (QED) is 0.356. The van der Waals surface area contributed by atoms with Gasteiger partial charge in [-0.25, -0.2) is 0 Å². The molecule has 0 aromatic heterocycles. The normalized spacial score (nSPS) is 54.9. The first kappa shape index (κ1) is 25.7. The van der Waals surface area contributed by atoms with Gasteiger partial charge in [0.25, 0.3) is 0 Å². The van der Waals surface area contributed by atoms with Crippen molar-refractivity contribution in [3.05, 3.63) is 11.6 Å². The Hall–Kier alpha value is -0.910. The van der Waals surface area contributed by atoms with Gasteiger partial charge in [-0.15, -0.1) is 0 Å². The first-order valence-corrected chi connectivity index (χ1v) is 14.0. The third-order valence-corrected chi connectivity index (χ3v) is 12.8. The fourth-order valence-corrected chi connectivity index (χ4v) is 10.6. The number of aliphatic hydroxyl groups excluding tert-OH is 2. The van der Waals surface area contributed by atoms with Crippen molar-refractivity contribution in [2.24, 2.45) is 44.8 Å². The average Bonchev–Trinajstić information content (AvgIpc) is 2.77. The van der Waals surface area contributed by atoms with Crippen molar-refractivity contribution >= 4 is 5.97 Å². The lowest BCUT2D eigenvalue weighted by atomic mass is 9.34. The van der Waals surface area contributed by atoms with Crippen LogP contribution < -0.4 is 0 Å². The van der Waals surface area contributed by atoms with E-state index in [4.69, 9.17) is 4.74 Å². The fraction of sp³-hybridized carbons (Fsp3) is 0.900. The number of carbonyl (C=O) groups is 1. The number of hydrogen-bond donors (Lipinski definition) is 3. The van der Waals surface area contributed by atoms with Crippen molar-refractivity contribution in [1.29, 1.82) is 0 Å². The molecule has 5 aliphatic carbocycles. The molecule has 4 fully saturated rings. The van der Waals surface area contributed by atoms with Gasteiger partial charge < -0.3 is 20.1 Å². The molecule has 0 aromatic rings. The highest BCUT2D eigenvalue weighted by Gasteiger charge is 2.70. The van der Waals surface area contributed by atoms with Crippen LogP contribution in [0.2, 0.25) is 0 Å². The molecule has 10 atom stereocenters. The maximum absolute atomic E-state index is 13.3. The molecular formula is C30H48O5. The summed E-state index contributed by atoms with van der Waals surface area (Å²) in [6.07, 6.45) is 8.54. The van der Waals surface area contributed by atoms with E-state index in [1.54, 1.807) is 14.0 Å². The zero-order chi connectivity index (χ0) is 25.8. The molecule has 5 rings (SSSR count). The SMILES string of the molecule is COC(=O)[C@]12CCC(C)(C)C[C@H]1C1=CC[C@@H]3[C@@]4(C)C[C@@H](O)[C@H](O)[C@@](C)(O)[C@@H]4CC[C@@]3(C)[C@]1(C)CC2. The summed E-state index contributed by atoms with van der Waals surface area (Å²) in [7, 11) is 1.55. The molecule has 0 aliphatic heterocycles. The predicted molar refractivity (Wildman–Crippen MR) is 135 cm³/mol. The van der Waals surface area contributed by atoms with Crippen molar-refractivity contribution in [3.8, 4) is 0 Å². The maximum Gasteiger partial charge on any atom is 0.312 e. The minimum absolute atomic E-state index is 0.00426. The molecule has 0 saturated heterocycles. The summed E-state index contributed by atoms with van der Waals surface area (Å²) in [5.74, 6) is 0.446. The van der Waals surface area contributed by atoms with Crippen molar-refractivity contribution in [1.82, 2.24) is 0 Å². The van der Waals surface area contributed by atoms with Gasteiger partial charge >= 0.3 is 5.97 Å². The molecule has 0 heterocycles. The monoisotopic (exact) mass is 488 g/mol. The van der Waals surface area contributed by atoms with Gasteiger partial charge in [0.15, 0.2) is 0 Å². The lowest BCUT2D eigenvalue weighted by molar-refractivity contribution is -0.260. The molecule has 5 aliphatic rings. The van der Waals surface area contributed by atoms with E-state index in [0.29, 0.717) is 12.3 Å². The zero-order valence-electron chi connectivity index (χ0n) is 23.0. The van der Waals surface area contributed by atoms with E-state index in [0.717, 1.165) is 51.4 Å². The third-order valence-electron chi connectivity index (χ3n) is 12.8. The molecule has 3 N–H and O–H groups in total. The van der Waals surface area contributed by atoms with Crippen LogP contribution in [-0.4, -0.2) is 46.2 Å². The molecule has 0 amide bonds. The van der Waals surface area contributed by atoms with E-state index in [2.05, 4.69) is 40.7 Å². The summed E-state index contributed by atoms with van der Waals surface area (Å²) in [5.41, 5.74) is -0.316. The van der Waals surface area contributed by atoms with Crippen LogP contribution in [0.3, 0.4) is 0 Å². The number of fused-ring (bicyclic) bond motifs is 7. The van der Waals surface area contributed by atoms with Crippen LogP contribution >= 0.6 is 0 Å². The Balaban J connectivity index is 1.61. The first-order chi connectivity index (χ1) is 16.1. The Morgan fingerprint density at radius 2 is 1.60 bits per heavy atom. The van der Waals surface area contributed by atoms with Gasteiger partial charge in [0, 0.05) is 0 Å². The van der Waals surface area contributed by atoms with Crippen LogP contribution in [0.5, 0.6) is 0 Å². The molecule has 5 heteroatoms. The van der Waals surface area contributed by atoms with Crippen molar-refractivity contribution in [2.75, 3.05) is 7.11 Å². The van der Waals surface area contributed by atoms with Crippen LogP contribution in [0.4, 0.5) is 0 Å². The van der Waals surface area contributed by atoms with Crippen LogP contribution in [-0.2, 0) is 9.53 Å². The molecule has 4 saturated carbocycles. The number of hydrogen-bond acceptors (Lipinski definition) is 5. The Bertz CT molecular complexity index is 937. The molecule has 0 unspecified atom stereocenters. The highest BCUT2D eigenvalue weighted by atomic mass is 16.5. The third kappa shape index (κ3) is 3.13. The highest BCUT2D eigenvalue weighted by Crippen LogP contribution is 2.75. The van der Waals surface area contributed by atoms with Gasteiger partial charge in [-0.3, -0.25) is 4.79 Å². The second-order valence-electron chi connectivity index (χ2n) is 14.8. The Morgan fingerprint density at radius 3 is 2.26 bits per heavy atom. The second-order valence-corrected chi connectivity index (χ2v) is 14.8. The zero-order valence-corrected chi connectivity index (χ0v) is 23.0. The standard InChI is InChI=1S/C30H48O5/c1-25(2)12-14-30(24(33)35-7)15-13-27(4)18(19(30)16-25)8-9-21-26(3)17-20(31)23(32)29(6,34)22(26)10-11-28(21,27)5/h8,19-23,31-32,34H,9-17H2,1-7H3/t19-,20+,21+,22+,23-,26+,27+,28+,29-,30-/m0/s1. The van der Waals surface area contributed by atoms with Gasteiger partial charge in [-0.2, -0.15) is 0 Å². The summed E-state index contributed by atoms with van der Waals surface area (Å²) in [5, 5.41) is 32.9. The summed E-state index contributed by atoms with van der Waals surface area (Å²) >= 11 is 0. The van der Waals surface area contributed by atoms with Gasteiger partial charge in [0.2, 0.25) is 0 Å². The molecule has 0 aromatic carbocycles. The number of allylic oxidation sites excluding steroid dienone is 2. The van der Waals surface area contributed by atoms with E-state index in [1.165, 1.54) is 5.57 Å². The number of esters is 1. The first-order valence-electron chi connectivity index (χ1n) is 14.0. The topological polar surface area (TPSA) is 87.0 Å². The number of carbonyl (C=O) groups excluding carboxylic acids is 1. The van der Waals surface area contributed by atoms with Crippen LogP contribution in [0, 0.1) is 44.8 Å². The summed E-state index contributed by atoms with van der Waals surface area (Å²) < 4.78 is 5.45. The van der Waals surface area contributed by atoms with E-state index in [1.807, 2.05) is 0 Å². The number of rotatable bonds is 1. The molecule has 5 nitrogen and oxygen atoms in total. The van der Waals surface area contributed by atoms with E-state index in [9.17, 15) is 20.1 Å². The number of methoxy groups -OCH3 is 1. The maximum atomic E-state index is 13.3. The van der Waals surface area contributed by atoms with Crippen molar-refractivity contribution in [2.45, 2.75) is 117 Å². The highest BCUT2D eigenvalue weighted by molar-refractivity contribution is 5.78. The Labute approximate surface area is 211 Å². The van der Waals surface area contributed by atoms with Gasteiger partial charge in [0.05, 0.1) is 24.2 Å². The summed E-state index contributed by atoms with van der Waals surface area (Å²) in [4.78, 5) is 13.3. The van der Waals surface area contributed by atoms with E-state index >= 15 is 0 Å². The van der Waals surface area contributed by atoms with Gasteiger partial charge in [-0.1, -0.05) is 46.3 Å². The summed E-state index contributed by atoms with van der Waals surface area (Å²) in [6, 6.07) is 0. The van der Waals surface area contributed by atoms with Gasteiger partial charge in [-0.05, 0) is 104 Å². The molecular weight excluding hydrogens is 440 g/mol. The van der Waals surface area contributed by atoms with Crippen LogP contribution in [0.25, 0.3) is 0 Å². The molecule has 0 radical (unpaired) electrons. The summed E-state index contributed by atoms with van der Waals surface area (Å²) in [6.45, 7) is 13.6. The second kappa shape index (κ2) is 7.57. The van der Waals surface area contributed by atoms with Crippen LogP contribution in [0.1, 0.15) is 99.3 Å². The Morgan fingerprint density at radius 1 is 0.943 bits per heavy atom. The van der Waals surface area contributed by atoms with Gasteiger partial charge in [0.1, 0.15) is 6.10 Å². The lowest BCUT2D eigenvalue weighted by Gasteiger charge is -2.71.